The lowest BCUT2D eigenvalue weighted by atomic mass is 9.99. The van der Waals surface area contributed by atoms with E-state index < -0.39 is 9.84 Å². The maximum atomic E-state index is 11.0. The van der Waals surface area contributed by atoms with Crippen LogP contribution in [0.1, 0.15) is 147 Å². The number of carbonyl (C=O) groups excluding carboxylic acids is 2. The van der Waals surface area contributed by atoms with Gasteiger partial charge >= 0.3 is 0 Å². The zero-order chi connectivity index (χ0) is 27.7. The Morgan fingerprint density at radius 1 is 0.541 bits per heavy atom. The molecule has 0 aromatic rings. The molecule has 0 aromatic heterocycles. The van der Waals surface area contributed by atoms with Gasteiger partial charge < -0.3 is 5.32 Å². The van der Waals surface area contributed by atoms with Crippen molar-refractivity contribution < 1.29 is 18.0 Å². The van der Waals surface area contributed by atoms with Gasteiger partial charge in [-0.3, -0.25) is 9.59 Å². The first-order chi connectivity index (χ1) is 14.6. The summed E-state index contributed by atoms with van der Waals surface area (Å²) in [5, 5.41) is 2.33. The van der Waals surface area contributed by atoms with Crippen molar-refractivity contribution in [2.75, 3.05) is 0 Å². The van der Waals surface area contributed by atoms with Gasteiger partial charge in [-0.1, -0.05) is 98.9 Å². The molecule has 0 aliphatic rings. The highest BCUT2D eigenvalue weighted by atomic mass is 32.2. The van der Waals surface area contributed by atoms with Gasteiger partial charge in [0.2, 0.25) is 5.91 Å². The zero-order valence-electron chi connectivity index (χ0n) is 24.9. The number of hydrogen-bond donors (Lipinski definition) is 1. The summed E-state index contributed by atoms with van der Waals surface area (Å²) >= 11 is 0. The minimum Gasteiger partial charge on any atom is -0.354 e. The Bertz CT molecular complexity index is 558. The van der Waals surface area contributed by atoms with Crippen LogP contribution in [0.4, 0.5) is 0 Å². The Labute approximate surface area is 237 Å². The monoisotopic (exact) mass is 558 g/mol. The van der Waals surface area contributed by atoms with Gasteiger partial charge in [0.25, 0.3) is 0 Å². The van der Waals surface area contributed by atoms with Crippen molar-refractivity contribution in [1.82, 2.24) is 5.32 Å². The average molecular weight is 558 g/mol. The summed E-state index contributed by atoms with van der Waals surface area (Å²) in [7, 11) is -2.81. The number of ketones is 1. The molecule has 37 heavy (non-hydrogen) atoms. The second-order valence-corrected chi connectivity index (χ2v) is 14.3. The van der Waals surface area contributed by atoms with E-state index >= 15 is 0 Å². The largest absolute Gasteiger partial charge is 0.354 e. The lowest BCUT2D eigenvalue weighted by Gasteiger charge is -2.09. The van der Waals surface area contributed by atoms with Gasteiger partial charge in [0.15, 0.2) is 9.84 Å². The van der Waals surface area contributed by atoms with E-state index in [1.165, 1.54) is 6.42 Å². The van der Waals surface area contributed by atoms with Gasteiger partial charge in [-0.15, -0.1) is 0 Å². The standard InChI is InChI=1S/C7H15NO.C7H14O.C7H16.C6H14O2S.4CH4/c1-5(2)7(9)8-6(3)4;1-5(2)7(8)6(3)4;1-6(2)5-7(3)4;1-5(2)9(7,8)6(3)4;;;;/h5-6H,1-4H3,(H,8,9);5-6H,1-4H3;6-7H,5H2,1-4H3;5-6H,1-4H3;4*1H4. The second-order valence-electron chi connectivity index (χ2n) is 11.2. The first kappa shape index (κ1) is 56.3. The van der Waals surface area contributed by atoms with Gasteiger partial charge in [0, 0.05) is 23.8 Å². The van der Waals surface area contributed by atoms with Gasteiger partial charge in [-0.25, -0.2) is 8.42 Å². The van der Waals surface area contributed by atoms with Crippen LogP contribution in [0.5, 0.6) is 0 Å². The minimum atomic E-state index is -2.81. The van der Waals surface area contributed by atoms with Crippen molar-refractivity contribution in [3.8, 4) is 0 Å². The van der Waals surface area contributed by atoms with E-state index in [0.29, 0.717) is 5.78 Å². The summed E-state index contributed by atoms with van der Waals surface area (Å²) in [5.41, 5.74) is 0. The van der Waals surface area contributed by atoms with Crippen LogP contribution in [0.15, 0.2) is 0 Å². The summed E-state index contributed by atoms with van der Waals surface area (Å²) < 4.78 is 22.1. The van der Waals surface area contributed by atoms with E-state index in [1.54, 1.807) is 27.7 Å². The summed E-state index contributed by atoms with van der Waals surface area (Å²) in [6, 6.07) is 0.264. The van der Waals surface area contributed by atoms with E-state index in [2.05, 4.69) is 33.0 Å². The molecule has 6 heteroatoms. The fourth-order valence-corrected chi connectivity index (χ4v) is 3.69. The summed E-state index contributed by atoms with van der Waals surface area (Å²) in [6.45, 7) is 31.3. The normalized spacial score (nSPS) is 10.2. The van der Waals surface area contributed by atoms with Crippen LogP contribution >= 0.6 is 0 Å². The van der Waals surface area contributed by atoms with Crippen LogP contribution in [0.25, 0.3) is 0 Å². The van der Waals surface area contributed by atoms with Crippen LogP contribution in [0, 0.1) is 29.6 Å². The lowest BCUT2D eigenvalue weighted by Crippen LogP contribution is -2.33. The fourth-order valence-electron chi connectivity index (χ4n) is 2.60. The molecule has 0 aliphatic carbocycles. The van der Waals surface area contributed by atoms with Crippen LogP contribution in [-0.2, 0) is 19.4 Å². The van der Waals surface area contributed by atoms with Gasteiger partial charge in [-0.05, 0) is 59.8 Å². The molecule has 1 N–H and O–H groups in total. The summed E-state index contributed by atoms with van der Waals surface area (Å²) in [5.74, 6) is 2.74. The molecule has 0 bridgehead atoms. The zero-order valence-corrected chi connectivity index (χ0v) is 25.7. The minimum absolute atomic E-state index is 0. The Hall–Kier alpha value is -0.910. The van der Waals surface area contributed by atoms with Crippen molar-refractivity contribution in [3.05, 3.63) is 0 Å². The number of hydrogen-bond acceptors (Lipinski definition) is 4. The van der Waals surface area contributed by atoms with Crippen LogP contribution in [-0.4, -0.2) is 36.6 Å². The molecule has 0 saturated carbocycles. The van der Waals surface area contributed by atoms with E-state index in [4.69, 9.17) is 0 Å². The molecule has 234 valence electrons. The molecular formula is C31H75NO4S. The topological polar surface area (TPSA) is 80.3 Å². The molecular weight excluding hydrogens is 482 g/mol. The predicted octanol–water partition coefficient (Wildman–Crippen LogP) is 9.49. The molecule has 0 fully saturated rings. The number of carbonyl (C=O) groups is 2. The Balaban J connectivity index is -0.0000000490. The van der Waals surface area contributed by atoms with Crippen LogP contribution in [0.2, 0.25) is 0 Å². The molecule has 0 unspecified atom stereocenters. The molecule has 0 spiro atoms. The predicted molar refractivity (Wildman–Crippen MR) is 173 cm³/mol. The fraction of sp³-hybridized carbons (Fsp3) is 0.935. The highest BCUT2D eigenvalue weighted by molar-refractivity contribution is 7.92. The lowest BCUT2D eigenvalue weighted by molar-refractivity contribution is -0.125. The SMILES string of the molecule is C.C.C.C.CC(C)C(=O)C(C)C.CC(C)CC(C)C.CC(C)NC(=O)C(C)C.CC(C)S(=O)(=O)C(C)C. The van der Waals surface area contributed by atoms with E-state index in [1.807, 2.05) is 55.4 Å². The maximum absolute atomic E-state index is 11.0. The third-order valence-electron chi connectivity index (χ3n) is 4.35. The number of nitrogens with one attached hydrogen (secondary N) is 1. The molecule has 0 aromatic carbocycles. The average Bonchev–Trinajstić information content (AvgIpc) is 2.60. The highest BCUT2D eigenvalue weighted by Crippen LogP contribution is 2.08. The molecule has 0 aliphatic heterocycles. The van der Waals surface area contributed by atoms with E-state index in [-0.39, 0.29) is 69.9 Å². The molecule has 0 heterocycles. The third kappa shape index (κ3) is 39.7. The van der Waals surface area contributed by atoms with Crippen molar-refractivity contribution >= 4 is 21.5 Å². The third-order valence-corrected chi connectivity index (χ3v) is 6.98. The van der Waals surface area contributed by atoms with E-state index in [0.717, 1.165) is 11.8 Å². The number of rotatable bonds is 8. The maximum Gasteiger partial charge on any atom is 0.222 e. The Morgan fingerprint density at radius 3 is 0.838 bits per heavy atom. The molecule has 0 atom stereocenters. The Kier molecular flexibility index (Phi) is 45.1. The first-order valence-electron chi connectivity index (χ1n) is 12.7. The van der Waals surface area contributed by atoms with Crippen molar-refractivity contribution in [1.29, 1.82) is 0 Å². The van der Waals surface area contributed by atoms with Crippen molar-refractivity contribution in [2.24, 2.45) is 29.6 Å². The highest BCUT2D eigenvalue weighted by Gasteiger charge is 2.19. The van der Waals surface area contributed by atoms with Crippen LogP contribution < -0.4 is 5.32 Å². The Morgan fingerprint density at radius 2 is 0.811 bits per heavy atom. The smallest absolute Gasteiger partial charge is 0.222 e. The van der Waals surface area contributed by atoms with Gasteiger partial charge in [-0.2, -0.15) is 0 Å². The molecule has 5 nitrogen and oxygen atoms in total. The first-order valence-corrected chi connectivity index (χ1v) is 14.3. The summed E-state index contributed by atoms with van der Waals surface area (Å²) in [6.07, 6.45) is 1.36. The summed E-state index contributed by atoms with van der Waals surface area (Å²) in [4.78, 5) is 21.7. The number of Topliss-reactive ketones (excluding diaryl/α,β-unsaturated/α-hetero) is 1. The van der Waals surface area contributed by atoms with Gasteiger partial charge in [0.1, 0.15) is 5.78 Å². The second kappa shape index (κ2) is 29.6. The molecule has 0 rings (SSSR count). The molecule has 1 amide bonds. The van der Waals surface area contributed by atoms with Crippen molar-refractivity contribution in [2.45, 2.75) is 163 Å². The molecule has 0 radical (unpaired) electrons. The van der Waals surface area contributed by atoms with Crippen molar-refractivity contribution in [3.63, 3.8) is 0 Å². The number of amides is 1. The van der Waals surface area contributed by atoms with Crippen LogP contribution in [0.3, 0.4) is 0 Å². The quantitative estimate of drug-likeness (QED) is 0.322. The molecule has 0 saturated heterocycles. The number of sulfone groups is 1. The van der Waals surface area contributed by atoms with Gasteiger partial charge in [0.05, 0.1) is 10.5 Å². The van der Waals surface area contributed by atoms with E-state index in [9.17, 15) is 18.0 Å².